The lowest BCUT2D eigenvalue weighted by Crippen LogP contribution is -2.33. The Hall–Kier alpha value is -2.25. The van der Waals surface area contributed by atoms with E-state index in [4.69, 9.17) is 0 Å². The minimum atomic E-state index is -3.57. The van der Waals surface area contributed by atoms with Gasteiger partial charge < -0.3 is 5.32 Å². The fourth-order valence-electron chi connectivity index (χ4n) is 1.88. The third-order valence-corrected chi connectivity index (χ3v) is 4.45. The van der Waals surface area contributed by atoms with Crippen LogP contribution >= 0.6 is 0 Å². The fourth-order valence-corrected chi connectivity index (χ4v) is 2.91. The average molecular weight is 319 g/mol. The predicted octanol–water partition coefficient (Wildman–Crippen LogP) is 1.16. The molecular weight excluding hydrogens is 302 g/mol. The van der Waals surface area contributed by atoms with Crippen molar-refractivity contribution in [3.05, 3.63) is 48.8 Å². The van der Waals surface area contributed by atoms with Crippen molar-refractivity contribution in [1.82, 2.24) is 15.0 Å². The standard InChI is InChI=1S/C15H17N3O3S/c1-12(19)17-10-11-18-22(20,21)15-4-2-13(3-5-15)14-6-8-16-9-7-14/h2-9,18H,10-11H2,1H3,(H,17,19). The number of sulfonamides is 1. The molecule has 0 saturated heterocycles. The predicted molar refractivity (Wildman–Crippen MR) is 83.5 cm³/mol. The summed E-state index contributed by atoms with van der Waals surface area (Å²) in [5, 5.41) is 2.53. The first kappa shape index (κ1) is 16.1. The van der Waals surface area contributed by atoms with E-state index in [0.29, 0.717) is 0 Å². The molecular formula is C15H17N3O3S. The smallest absolute Gasteiger partial charge is 0.240 e. The van der Waals surface area contributed by atoms with Crippen molar-refractivity contribution in [2.45, 2.75) is 11.8 Å². The number of amides is 1. The van der Waals surface area contributed by atoms with Crippen LogP contribution in [-0.4, -0.2) is 32.4 Å². The first-order chi connectivity index (χ1) is 10.5. The molecule has 0 spiro atoms. The SMILES string of the molecule is CC(=O)NCCNS(=O)(=O)c1ccc(-c2ccncc2)cc1. The van der Waals surface area contributed by atoms with E-state index in [1.54, 1.807) is 36.7 Å². The van der Waals surface area contributed by atoms with E-state index in [-0.39, 0.29) is 23.9 Å². The number of carbonyl (C=O) groups is 1. The molecule has 0 atom stereocenters. The van der Waals surface area contributed by atoms with Crippen molar-refractivity contribution in [2.24, 2.45) is 0 Å². The Balaban J connectivity index is 2.04. The summed E-state index contributed by atoms with van der Waals surface area (Å²) in [7, 11) is -3.57. The Morgan fingerprint density at radius 1 is 1.00 bits per heavy atom. The molecule has 2 rings (SSSR count). The summed E-state index contributed by atoms with van der Waals surface area (Å²) in [5.74, 6) is -0.194. The quantitative estimate of drug-likeness (QED) is 0.782. The zero-order chi connectivity index (χ0) is 16.0. The number of hydrogen-bond acceptors (Lipinski definition) is 4. The summed E-state index contributed by atoms with van der Waals surface area (Å²) in [6.07, 6.45) is 3.37. The van der Waals surface area contributed by atoms with Crippen LogP contribution in [0.4, 0.5) is 0 Å². The van der Waals surface area contributed by atoms with E-state index in [9.17, 15) is 13.2 Å². The van der Waals surface area contributed by atoms with E-state index in [1.807, 2.05) is 12.1 Å². The number of rotatable bonds is 6. The molecule has 22 heavy (non-hydrogen) atoms. The van der Waals surface area contributed by atoms with Gasteiger partial charge in [0.1, 0.15) is 0 Å². The number of hydrogen-bond donors (Lipinski definition) is 2. The topological polar surface area (TPSA) is 88.2 Å². The van der Waals surface area contributed by atoms with Crippen LogP contribution in [0.1, 0.15) is 6.92 Å². The molecule has 0 bridgehead atoms. The summed E-state index contributed by atoms with van der Waals surface area (Å²) >= 11 is 0. The van der Waals surface area contributed by atoms with E-state index < -0.39 is 10.0 Å². The fraction of sp³-hybridized carbons (Fsp3) is 0.200. The zero-order valence-corrected chi connectivity index (χ0v) is 12.9. The Labute approximate surface area is 129 Å². The van der Waals surface area contributed by atoms with Gasteiger partial charge in [-0.2, -0.15) is 0 Å². The van der Waals surface area contributed by atoms with Gasteiger partial charge in [0.05, 0.1) is 4.90 Å². The Bertz CT molecular complexity index is 728. The molecule has 1 aromatic carbocycles. The molecule has 0 fully saturated rings. The molecule has 6 nitrogen and oxygen atoms in total. The average Bonchev–Trinajstić information content (AvgIpc) is 2.52. The van der Waals surface area contributed by atoms with Crippen LogP contribution in [0.15, 0.2) is 53.7 Å². The monoisotopic (exact) mass is 319 g/mol. The maximum absolute atomic E-state index is 12.1. The first-order valence-corrected chi connectivity index (χ1v) is 8.22. The summed E-state index contributed by atoms with van der Waals surface area (Å²) in [6, 6.07) is 10.3. The van der Waals surface area contributed by atoms with Gasteiger partial charge in [0, 0.05) is 32.4 Å². The maximum atomic E-state index is 12.1. The lowest BCUT2D eigenvalue weighted by Gasteiger charge is -2.08. The van der Waals surface area contributed by atoms with Crippen molar-refractivity contribution in [3.8, 4) is 11.1 Å². The number of aromatic nitrogens is 1. The van der Waals surface area contributed by atoms with Crippen molar-refractivity contribution in [2.75, 3.05) is 13.1 Å². The summed E-state index contributed by atoms with van der Waals surface area (Å²) in [4.78, 5) is 14.9. The minimum absolute atomic E-state index is 0.147. The zero-order valence-electron chi connectivity index (χ0n) is 12.1. The second-order valence-corrected chi connectivity index (χ2v) is 6.41. The van der Waals surface area contributed by atoms with Gasteiger partial charge in [0.25, 0.3) is 0 Å². The molecule has 0 aliphatic carbocycles. The molecule has 1 amide bonds. The molecule has 0 aliphatic rings. The molecule has 7 heteroatoms. The second-order valence-electron chi connectivity index (χ2n) is 4.64. The number of nitrogens with zero attached hydrogens (tertiary/aromatic N) is 1. The van der Waals surface area contributed by atoms with Crippen LogP contribution in [0.2, 0.25) is 0 Å². The summed E-state index contributed by atoms with van der Waals surface area (Å²) in [6.45, 7) is 1.78. The number of benzene rings is 1. The molecule has 0 aliphatic heterocycles. The third-order valence-electron chi connectivity index (χ3n) is 2.97. The molecule has 0 saturated carbocycles. The van der Waals surface area contributed by atoms with Crippen LogP contribution < -0.4 is 10.0 Å². The van der Waals surface area contributed by atoms with E-state index in [1.165, 1.54) is 6.92 Å². The normalized spacial score (nSPS) is 11.1. The van der Waals surface area contributed by atoms with E-state index >= 15 is 0 Å². The van der Waals surface area contributed by atoms with Gasteiger partial charge in [-0.1, -0.05) is 12.1 Å². The van der Waals surface area contributed by atoms with E-state index in [2.05, 4.69) is 15.0 Å². The van der Waals surface area contributed by atoms with Gasteiger partial charge in [-0.05, 0) is 35.4 Å². The molecule has 2 aromatic rings. The minimum Gasteiger partial charge on any atom is -0.355 e. The van der Waals surface area contributed by atoms with Crippen LogP contribution in [0.25, 0.3) is 11.1 Å². The Morgan fingerprint density at radius 2 is 1.59 bits per heavy atom. The van der Waals surface area contributed by atoms with Gasteiger partial charge in [0.15, 0.2) is 0 Å². The van der Waals surface area contributed by atoms with Crippen LogP contribution in [0.3, 0.4) is 0 Å². The largest absolute Gasteiger partial charge is 0.355 e. The lowest BCUT2D eigenvalue weighted by molar-refractivity contribution is -0.118. The molecule has 0 unspecified atom stereocenters. The second kappa shape index (κ2) is 7.15. The third kappa shape index (κ3) is 4.37. The first-order valence-electron chi connectivity index (χ1n) is 6.73. The Kier molecular flexibility index (Phi) is 5.24. The molecule has 0 radical (unpaired) electrons. The van der Waals surface area contributed by atoms with Crippen molar-refractivity contribution >= 4 is 15.9 Å². The van der Waals surface area contributed by atoms with Crippen LogP contribution in [-0.2, 0) is 14.8 Å². The van der Waals surface area contributed by atoms with Gasteiger partial charge in [0.2, 0.25) is 15.9 Å². The van der Waals surface area contributed by atoms with Gasteiger partial charge >= 0.3 is 0 Å². The number of pyridine rings is 1. The summed E-state index contributed by atoms with van der Waals surface area (Å²) in [5.41, 5.74) is 1.89. The molecule has 1 aromatic heterocycles. The van der Waals surface area contributed by atoms with Gasteiger partial charge in [-0.15, -0.1) is 0 Å². The lowest BCUT2D eigenvalue weighted by atomic mass is 10.1. The molecule has 2 N–H and O–H groups in total. The van der Waals surface area contributed by atoms with Crippen LogP contribution in [0.5, 0.6) is 0 Å². The highest BCUT2D eigenvalue weighted by molar-refractivity contribution is 7.89. The highest BCUT2D eigenvalue weighted by atomic mass is 32.2. The summed E-state index contributed by atoms with van der Waals surface area (Å²) < 4.78 is 26.6. The van der Waals surface area contributed by atoms with E-state index in [0.717, 1.165) is 11.1 Å². The van der Waals surface area contributed by atoms with Crippen molar-refractivity contribution in [1.29, 1.82) is 0 Å². The highest BCUT2D eigenvalue weighted by Crippen LogP contribution is 2.20. The van der Waals surface area contributed by atoms with Gasteiger partial charge in [-0.3, -0.25) is 9.78 Å². The van der Waals surface area contributed by atoms with Crippen molar-refractivity contribution in [3.63, 3.8) is 0 Å². The number of carbonyl (C=O) groups excluding carboxylic acids is 1. The highest BCUT2D eigenvalue weighted by Gasteiger charge is 2.13. The number of nitrogens with one attached hydrogen (secondary N) is 2. The van der Waals surface area contributed by atoms with Gasteiger partial charge in [-0.25, -0.2) is 13.1 Å². The van der Waals surface area contributed by atoms with Crippen LogP contribution in [0, 0.1) is 0 Å². The molecule has 1 heterocycles. The Morgan fingerprint density at radius 3 is 2.18 bits per heavy atom. The van der Waals surface area contributed by atoms with Crippen molar-refractivity contribution < 1.29 is 13.2 Å². The molecule has 116 valence electrons. The maximum Gasteiger partial charge on any atom is 0.240 e.